The first-order chi connectivity index (χ1) is 10.7. The summed E-state index contributed by atoms with van der Waals surface area (Å²) in [6.07, 6.45) is 19.7. The van der Waals surface area contributed by atoms with Gasteiger partial charge in [-0.2, -0.15) is 0 Å². The minimum atomic E-state index is -0.127. The van der Waals surface area contributed by atoms with Gasteiger partial charge in [-0.05, 0) is 32.1 Å². The molecule has 0 N–H and O–H groups in total. The van der Waals surface area contributed by atoms with Gasteiger partial charge in [0.2, 0.25) is 0 Å². The van der Waals surface area contributed by atoms with E-state index in [9.17, 15) is 4.79 Å². The third-order valence-electron chi connectivity index (χ3n) is 4.15. The number of rotatable bonds is 16. The van der Waals surface area contributed by atoms with Gasteiger partial charge in [0, 0.05) is 6.92 Å². The van der Waals surface area contributed by atoms with Crippen molar-refractivity contribution in [1.29, 1.82) is 0 Å². The van der Waals surface area contributed by atoms with Crippen molar-refractivity contribution in [3.8, 4) is 0 Å². The smallest absolute Gasteiger partial charge is 0.302 e. The van der Waals surface area contributed by atoms with Crippen LogP contribution in [-0.2, 0) is 9.53 Å². The molecule has 130 valence electrons. The van der Waals surface area contributed by atoms with E-state index < -0.39 is 0 Å². The van der Waals surface area contributed by atoms with Gasteiger partial charge in [-0.15, -0.1) is 6.58 Å². The van der Waals surface area contributed by atoms with Gasteiger partial charge in [0.25, 0.3) is 0 Å². The molecule has 0 spiro atoms. The summed E-state index contributed by atoms with van der Waals surface area (Å²) in [6.45, 7) is 7.46. The molecule has 0 aliphatic rings. The topological polar surface area (TPSA) is 26.3 Å². The van der Waals surface area contributed by atoms with Gasteiger partial charge < -0.3 is 4.74 Å². The zero-order valence-electron chi connectivity index (χ0n) is 15.1. The Morgan fingerprint density at radius 3 is 1.91 bits per heavy atom. The molecule has 0 aliphatic carbocycles. The third-order valence-corrected chi connectivity index (χ3v) is 4.15. The van der Waals surface area contributed by atoms with E-state index in [1.165, 1.54) is 77.6 Å². The minimum Gasteiger partial charge on any atom is -0.463 e. The van der Waals surface area contributed by atoms with Crippen molar-refractivity contribution in [2.45, 2.75) is 110 Å². The van der Waals surface area contributed by atoms with E-state index in [0.717, 1.165) is 19.3 Å². The highest BCUT2D eigenvalue weighted by Crippen LogP contribution is 2.16. The van der Waals surface area contributed by atoms with E-state index in [1.807, 2.05) is 6.08 Å². The number of allylic oxidation sites excluding steroid dienone is 1. The fraction of sp³-hybridized carbons (Fsp3) is 0.850. The second kappa shape index (κ2) is 16.6. The maximum atomic E-state index is 11.1. The Morgan fingerprint density at radius 2 is 1.41 bits per heavy atom. The molecule has 0 heterocycles. The molecular weight excluding hydrogens is 272 g/mol. The Labute approximate surface area is 138 Å². The lowest BCUT2D eigenvalue weighted by Crippen LogP contribution is -2.16. The summed E-state index contributed by atoms with van der Waals surface area (Å²) in [5, 5.41) is 0. The van der Waals surface area contributed by atoms with Crippen LogP contribution in [0.4, 0.5) is 0 Å². The van der Waals surface area contributed by atoms with Gasteiger partial charge in [0.15, 0.2) is 0 Å². The summed E-state index contributed by atoms with van der Waals surface area (Å²) in [5.74, 6) is -0.127. The predicted molar refractivity (Wildman–Crippen MR) is 96.1 cm³/mol. The standard InChI is InChI=1S/C20H38O2/c1-4-6-8-9-10-11-12-13-14-15-16-18-20(17-7-5-2)22-19(3)21/h4,20H,1,5-18H2,2-3H3/t20-/m0/s1. The number of ether oxygens (including phenoxy) is 1. The van der Waals surface area contributed by atoms with E-state index in [-0.39, 0.29) is 12.1 Å². The molecule has 22 heavy (non-hydrogen) atoms. The molecular formula is C20H38O2. The van der Waals surface area contributed by atoms with Crippen LogP contribution >= 0.6 is 0 Å². The summed E-state index contributed by atoms with van der Waals surface area (Å²) in [7, 11) is 0. The first kappa shape index (κ1) is 21.2. The van der Waals surface area contributed by atoms with Crippen LogP contribution in [0.3, 0.4) is 0 Å². The second-order valence-corrected chi connectivity index (χ2v) is 6.42. The lowest BCUT2D eigenvalue weighted by molar-refractivity contribution is -0.147. The van der Waals surface area contributed by atoms with Crippen molar-refractivity contribution in [3.05, 3.63) is 12.7 Å². The highest BCUT2D eigenvalue weighted by atomic mass is 16.5. The molecule has 0 fully saturated rings. The highest BCUT2D eigenvalue weighted by molar-refractivity contribution is 5.66. The SMILES string of the molecule is C=CCCCCCCCCCCC[C@H](CCCC)OC(C)=O. The Bertz CT molecular complexity index is 260. The first-order valence-electron chi connectivity index (χ1n) is 9.48. The van der Waals surface area contributed by atoms with Crippen molar-refractivity contribution in [3.63, 3.8) is 0 Å². The Hall–Kier alpha value is -0.790. The molecule has 0 unspecified atom stereocenters. The van der Waals surface area contributed by atoms with Crippen molar-refractivity contribution in [2.75, 3.05) is 0 Å². The molecule has 2 heteroatoms. The number of carbonyl (C=O) groups excluding carboxylic acids is 1. The molecule has 0 radical (unpaired) electrons. The van der Waals surface area contributed by atoms with Gasteiger partial charge in [0.1, 0.15) is 6.10 Å². The third kappa shape index (κ3) is 15.6. The molecule has 0 bridgehead atoms. The largest absolute Gasteiger partial charge is 0.463 e. The van der Waals surface area contributed by atoms with E-state index in [1.54, 1.807) is 0 Å². The number of hydrogen-bond acceptors (Lipinski definition) is 2. The molecule has 0 aromatic rings. The Kier molecular flexibility index (Phi) is 16.0. The van der Waals surface area contributed by atoms with Crippen LogP contribution in [0.15, 0.2) is 12.7 Å². The predicted octanol–water partition coefficient (Wildman–Crippen LogP) is 6.59. The molecule has 0 aliphatic heterocycles. The molecule has 0 rings (SSSR count). The fourth-order valence-electron chi connectivity index (χ4n) is 2.83. The van der Waals surface area contributed by atoms with Crippen molar-refractivity contribution in [2.24, 2.45) is 0 Å². The Morgan fingerprint density at radius 1 is 0.909 bits per heavy atom. The van der Waals surface area contributed by atoms with Crippen LogP contribution in [-0.4, -0.2) is 12.1 Å². The normalized spacial score (nSPS) is 12.1. The summed E-state index contributed by atoms with van der Waals surface area (Å²) in [4.78, 5) is 11.1. The lowest BCUT2D eigenvalue weighted by Gasteiger charge is -2.16. The number of carbonyl (C=O) groups is 1. The van der Waals surface area contributed by atoms with Crippen molar-refractivity contribution < 1.29 is 9.53 Å². The van der Waals surface area contributed by atoms with Crippen LogP contribution < -0.4 is 0 Å². The van der Waals surface area contributed by atoms with Crippen LogP contribution in [0.2, 0.25) is 0 Å². The van der Waals surface area contributed by atoms with Crippen LogP contribution in [0.5, 0.6) is 0 Å². The molecule has 0 saturated carbocycles. The van der Waals surface area contributed by atoms with Crippen LogP contribution in [0, 0.1) is 0 Å². The average Bonchev–Trinajstić information content (AvgIpc) is 2.49. The van der Waals surface area contributed by atoms with Gasteiger partial charge in [-0.3, -0.25) is 4.79 Å². The number of esters is 1. The molecule has 1 atom stereocenters. The molecule has 0 aromatic carbocycles. The first-order valence-corrected chi connectivity index (χ1v) is 9.48. The van der Waals surface area contributed by atoms with Crippen LogP contribution in [0.25, 0.3) is 0 Å². The molecule has 2 nitrogen and oxygen atoms in total. The van der Waals surface area contributed by atoms with E-state index in [0.29, 0.717) is 0 Å². The Balaban J connectivity index is 3.40. The highest BCUT2D eigenvalue weighted by Gasteiger charge is 2.10. The monoisotopic (exact) mass is 310 g/mol. The van der Waals surface area contributed by atoms with Gasteiger partial charge >= 0.3 is 5.97 Å². The number of hydrogen-bond donors (Lipinski definition) is 0. The van der Waals surface area contributed by atoms with Gasteiger partial charge in [-0.25, -0.2) is 0 Å². The number of unbranched alkanes of at least 4 members (excludes halogenated alkanes) is 10. The van der Waals surface area contributed by atoms with E-state index >= 15 is 0 Å². The maximum absolute atomic E-state index is 11.1. The van der Waals surface area contributed by atoms with Crippen molar-refractivity contribution >= 4 is 5.97 Å². The maximum Gasteiger partial charge on any atom is 0.302 e. The lowest BCUT2D eigenvalue weighted by atomic mass is 10.0. The summed E-state index contributed by atoms with van der Waals surface area (Å²) >= 11 is 0. The zero-order chi connectivity index (χ0) is 16.5. The summed E-state index contributed by atoms with van der Waals surface area (Å²) < 4.78 is 5.40. The molecule has 0 saturated heterocycles. The zero-order valence-corrected chi connectivity index (χ0v) is 15.1. The fourth-order valence-corrected chi connectivity index (χ4v) is 2.83. The van der Waals surface area contributed by atoms with Crippen molar-refractivity contribution in [1.82, 2.24) is 0 Å². The summed E-state index contributed by atoms with van der Waals surface area (Å²) in [5.41, 5.74) is 0. The quantitative estimate of drug-likeness (QED) is 0.183. The van der Waals surface area contributed by atoms with E-state index in [2.05, 4.69) is 13.5 Å². The average molecular weight is 311 g/mol. The molecule has 0 aromatic heterocycles. The van der Waals surface area contributed by atoms with Gasteiger partial charge in [-0.1, -0.05) is 70.8 Å². The minimum absolute atomic E-state index is 0.127. The van der Waals surface area contributed by atoms with Crippen LogP contribution in [0.1, 0.15) is 104 Å². The van der Waals surface area contributed by atoms with E-state index in [4.69, 9.17) is 4.74 Å². The van der Waals surface area contributed by atoms with Gasteiger partial charge in [0.05, 0.1) is 0 Å². The second-order valence-electron chi connectivity index (χ2n) is 6.42. The summed E-state index contributed by atoms with van der Waals surface area (Å²) in [6, 6.07) is 0. The molecule has 0 amide bonds.